The summed E-state index contributed by atoms with van der Waals surface area (Å²) in [6.07, 6.45) is 2.34. The zero-order valence-corrected chi connectivity index (χ0v) is 11.1. The topological polar surface area (TPSA) is 0 Å². The van der Waals surface area contributed by atoms with Crippen LogP contribution in [0.2, 0.25) is 0 Å². The summed E-state index contributed by atoms with van der Waals surface area (Å²) in [6.45, 7) is 0. The lowest BCUT2D eigenvalue weighted by atomic mass is 10.3. The first-order valence-corrected chi connectivity index (χ1v) is 6.52. The Morgan fingerprint density at radius 3 is 1.89 bits per heavy atom. The molecule has 0 aliphatic rings. The second kappa shape index (κ2) is 6.62. The van der Waals surface area contributed by atoms with E-state index in [1.54, 1.807) is 0 Å². The van der Waals surface area contributed by atoms with Gasteiger partial charge in [0.05, 0.1) is 3.74 Å². The van der Waals surface area contributed by atoms with Gasteiger partial charge in [-0.15, -0.1) is 0 Å². The van der Waals surface area contributed by atoms with Gasteiger partial charge in [0.1, 0.15) is 0 Å². The molecule has 0 aromatic heterocycles. The number of hydrogen-bond donors (Lipinski definition) is 0. The highest BCUT2D eigenvalue weighted by Gasteiger charge is 2.03. The summed E-state index contributed by atoms with van der Waals surface area (Å²) in [7, 11) is 0. The molecule has 0 amide bonds. The van der Waals surface area contributed by atoms with Crippen molar-refractivity contribution in [2.45, 2.75) is 21.4 Å². The lowest BCUT2D eigenvalue weighted by molar-refractivity contribution is 0.804. The number of alkyl halides is 4. The minimum absolute atomic E-state index is 0.462. The lowest BCUT2D eigenvalue weighted by Gasteiger charge is -2.04. The standard InChI is InChI=1S/C5H8Br4/c6-3-4(7)1-2-5(8)9/h4-5H,1-3H2. The second-order valence-corrected chi connectivity index (χ2v) is 7.10. The average molecular weight is 388 g/mol. The van der Waals surface area contributed by atoms with Gasteiger partial charge >= 0.3 is 0 Å². The molecule has 1 atom stereocenters. The molecule has 0 aliphatic heterocycles. The summed E-state index contributed by atoms with van der Waals surface area (Å²) >= 11 is 13.7. The normalized spacial score (nSPS) is 14.3. The maximum atomic E-state index is 3.52. The fraction of sp³-hybridized carbons (Fsp3) is 1.00. The van der Waals surface area contributed by atoms with E-state index in [0.29, 0.717) is 8.56 Å². The van der Waals surface area contributed by atoms with Crippen molar-refractivity contribution >= 4 is 63.7 Å². The van der Waals surface area contributed by atoms with Gasteiger partial charge in [-0.05, 0) is 12.8 Å². The summed E-state index contributed by atoms with van der Waals surface area (Å²) in [6, 6.07) is 0. The van der Waals surface area contributed by atoms with Crippen molar-refractivity contribution in [3.63, 3.8) is 0 Å². The highest BCUT2D eigenvalue weighted by molar-refractivity contribution is 9.24. The van der Waals surface area contributed by atoms with Gasteiger partial charge in [-0.3, -0.25) is 0 Å². The van der Waals surface area contributed by atoms with Crippen molar-refractivity contribution < 1.29 is 0 Å². The second-order valence-electron chi connectivity index (χ2n) is 1.72. The van der Waals surface area contributed by atoms with E-state index in [2.05, 4.69) is 63.7 Å². The molecule has 0 saturated carbocycles. The average Bonchev–Trinajstić information content (AvgIpc) is 1.83. The molecule has 4 heteroatoms. The van der Waals surface area contributed by atoms with Gasteiger partial charge in [-0.1, -0.05) is 63.7 Å². The Bertz CT molecular complexity index is 64.0. The highest BCUT2D eigenvalue weighted by Crippen LogP contribution is 2.19. The number of hydrogen-bond acceptors (Lipinski definition) is 0. The fourth-order valence-corrected chi connectivity index (χ4v) is 1.50. The maximum absolute atomic E-state index is 3.52. The van der Waals surface area contributed by atoms with Gasteiger partial charge < -0.3 is 0 Å². The van der Waals surface area contributed by atoms with Crippen LogP contribution in [0.4, 0.5) is 0 Å². The Hall–Kier alpha value is 1.92. The molecule has 0 heterocycles. The van der Waals surface area contributed by atoms with E-state index in [4.69, 9.17) is 0 Å². The van der Waals surface area contributed by atoms with Crippen LogP contribution in [0.1, 0.15) is 12.8 Å². The van der Waals surface area contributed by atoms with Gasteiger partial charge in [0.15, 0.2) is 0 Å². The maximum Gasteiger partial charge on any atom is 0.0698 e. The van der Waals surface area contributed by atoms with Gasteiger partial charge in [0, 0.05) is 10.2 Å². The minimum Gasteiger partial charge on any atom is -0.0916 e. The third-order valence-corrected chi connectivity index (χ3v) is 4.21. The van der Waals surface area contributed by atoms with Crippen molar-refractivity contribution in [1.29, 1.82) is 0 Å². The molecule has 0 saturated heterocycles. The monoisotopic (exact) mass is 384 g/mol. The van der Waals surface area contributed by atoms with Crippen LogP contribution in [-0.4, -0.2) is 13.9 Å². The van der Waals surface area contributed by atoms with E-state index in [0.717, 1.165) is 11.8 Å². The Labute approximate surface area is 89.7 Å². The molecule has 56 valence electrons. The van der Waals surface area contributed by atoms with Crippen LogP contribution in [0.15, 0.2) is 0 Å². The Balaban J connectivity index is 3.06. The van der Waals surface area contributed by atoms with Gasteiger partial charge in [0.2, 0.25) is 0 Å². The van der Waals surface area contributed by atoms with Crippen molar-refractivity contribution in [3.8, 4) is 0 Å². The molecule has 0 aromatic carbocycles. The highest BCUT2D eigenvalue weighted by atomic mass is 79.9. The SMILES string of the molecule is BrCC(Br)CCC(Br)Br. The first-order valence-electron chi connectivity index (χ1n) is 2.65. The zero-order valence-electron chi connectivity index (χ0n) is 4.79. The third-order valence-electron chi connectivity index (χ3n) is 0.866. The van der Waals surface area contributed by atoms with Crippen LogP contribution in [0.25, 0.3) is 0 Å². The molecule has 0 radical (unpaired) electrons. The molecule has 0 N–H and O–H groups in total. The smallest absolute Gasteiger partial charge is 0.0698 e. The Morgan fingerprint density at radius 1 is 1.00 bits per heavy atom. The van der Waals surface area contributed by atoms with Crippen LogP contribution >= 0.6 is 63.7 Å². The van der Waals surface area contributed by atoms with E-state index in [-0.39, 0.29) is 0 Å². The molecule has 0 rings (SSSR count). The number of rotatable bonds is 4. The minimum atomic E-state index is 0.462. The molecular formula is C5H8Br4. The molecule has 0 fully saturated rings. The molecule has 0 bridgehead atoms. The van der Waals surface area contributed by atoms with Gasteiger partial charge in [0.25, 0.3) is 0 Å². The van der Waals surface area contributed by atoms with Crippen LogP contribution in [0.3, 0.4) is 0 Å². The summed E-state index contributed by atoms with van der Waals surface area (Å²) < 4.78 is 0.462. The van der Waals surface area contributed by atoms with Gasteiger partial charge in [-0.25, -0.2) is 0 Å². The van der Waals surface area contributed by atoms with Gasteiger partial charge in [-0.2, -0.15) is 0 Å². The van der Waals surface area contributed by atoms with Crippen LogP contribution in [0.5, 0.6) is 0 Å². The van der Waals surface area contributed by atoms with Crippen molar-refractivity contribution in [1.82, 2.24) is 0 Å². The summed E-state index contributed by atoms with van der Waals surface area (Å²) in [5.41, 5.74) is 0. The third kappa shape index (κ3) is 7.82. The molecule has 9 heavy (non-hydrogen) atoms. The van der Waals surface area contributed by atoms with E-state index in [1.165, 1.54) is 6.42 Å². The first-order chi connectivity index (χ1) is 4.16. The predicted molar refractivity (Wildman–Crippen MR) is 57.4 cm³/mol. The van der Waals surface area contributed by atoms with Crippen LogP contribution < -0.4 is 0 Å². The van der Waals surface area contributed by atoms with Crippen LogP contribution in [-0.2, 0) is 0 Å². The summed E-state index contributed by atoms with van der Waals surface area (Å²) in [4.78, 5) is 0.607. The Kier molecular flexibility index (Phi) is 8.03. The molecule has 0 aliphatic carbocycles. The molecule has 0 nitrogen and oxygen atoms in total. The fourth-order valence-electron chi connectivity index (χ4n) is 0.384. The molecule has 0 aromatic rings. The lowest BCUT2D eigenvalue weighted by Crippen LogP contribution is -2.00. The van der Waals surface area contributed by atoms with E-state index < -0.39 is 0 Å². The summed E-state index contributed by atoms with van der Waals surface area (Å²) in [5, 5.41) is 1.03. The van der Waals surface area contributed by atoms with E-state index >= 15 is 0 Å². The molecule has 1 unspecified atom stereocenters. The van der Waals surface area contributed by atoms with Crippen molar-refractivity contribution in [2.24, 2.45) is 0 Å². The van der Waals surface area contributed by atoms with Crippen molar-refractivity contribution in [3.05, 3.63) is 0 Å². The largest absolute Gasteiger partial charge is 0.0916 e. The summed E-state index contributed by atoms with van der Waals surface area (Å²) in [5.74, 6) is 0. The molecular weight excluding hydrogens is 380 g/mol. The van der Waals surface area contributed by atoms with Crippen LogP contribution in [0, 0.1) is 0 Å². The Morgan fingerprint density at radius 2 is 1.56 bits per heavy atom. The number of halogens is 4. The quantitative estimate of drug-likeness (QED) is 0.639. The first kappa shape index (κ1) is 10.9. The predicted octanol–water partition coefficient (Wildman–Crippen LogP) is 4.04. The van der Waals surface area contributed by atoms with Crippen molar-refractivity contribution in [2.75, 3.05) is 5.33 Å². The molecule has 0 spiro atoms. The zero-order chi connectivity index (χ0) is 7.28. The van der Waals surface area contributed by atoms with E-state index in [9.17, 15) is 0 Å². The van der Waals surface area contributed by atoms with E-state index in [1.807, 2.05) is 0 Å².